The zero-order valence-electron chi connectivity index (χ0n) is 18.1. The van der Waals surface area contributed by atoms with Crippen LogP contribution < -0.4 is 10.1 Å². The number of benzene rings is 1. The van der Waals surface area contributed by atoms with Crippen LogP contribution in [0.15, 0.2) is 18.2 Å². The molecular formula is C22H31FN2O5S. The van der Waals surface area contributed by atoms with Gasteiger partial charge in [0.05, 0.1) is 17.6 Å². The molecule has 0 aromatic heterocycles. The van der Waals surface area contributed by atoms with Crippen molar-refractivity contribution in [3.8, 4) is 5.75 Å². The molecule has 0 spiro atoms. The Balaban J connectivity index is 1.44. The number of nitrogens with one attached hydrogen (secondary N) is 1. The van der Waals surface area contributed by atoms with Gasteiger partial charge in [-0.1, -0.05) is 19.4 Å². The van der Waals surface area contributed by atoms with Gasteiger partial charge in [-0.25, -0.2) is 17.6 Å². The number of carbonyl (C=O) groups is 2. The van der Waals surface area contributed by atoms with Crippen molar-refractivity contribution in [2.24, 2.45) is 5.92 Å². The van der Waals surface area contributed by atoms with E-state index in [-0.39, 0.29) is 47.8 Å². The van der Waals surface area contributed by atoms with Gasteiger partial charge in [0, 0.05) is 6.54 Å². The Bertz CT molecular complexity index is 916. The number of ether oxygens (including phenoxy) is 1. The van der Waals surface area contributed by atoms with E-state index < -0.39 is 15.7 Å². The molecular weight excluding hydrogens is 423 g/mol. The molecule has 2 aliphatic rings. The highest BCUT2D eigenvalue weighted by molar-refractivity contribution is 7.91. The second-order valence-electron chi connectivity index (χ2n) is 8.70. The maximum Gasteiger partial charge on any atom is 0.324 e. The lowest BCUT2D eigenvalue weighted by molar-refractivity contribution is -0.118. The molecule has 1 unspecified atom stereocenters. The lowest BCUT2D eigenvalue weighted by Crippen LogP contribution is -2.29. The molecule has 9 heteroatoms. The van der Waals surface area contributed by atoms with Crippen LogP contribution in [0.5, 0.6) is 5.75 Å². The fraction of sp³-hybridized carbons (Fsp3) is 0.636. The van der Waals surface area contributed by atoms with Crippen molar-refractivity contribution in [1.82, 2.24) is 10.2 Å². The Kier molecular flexibility index (Phi) is 7.56. The number of urea groups is 1. The monoisotopic (exact) mass is 454 g/mol. The Morgan fingerprint density at radius 3 is 2.58 bits per heavy atom. The van der Waals surface area contributed by atoms with E-state index in [9.17, 15) is 22.4 Å². The van der Waals surface area contributed by atoms with Gasteiger partial charge in [0.25, 0.3) is 0 Å². The van der Waals surface area contributed by atoms with E-state index in [0.717, 1.165) is 18.4 Å². The van der Waals surface area contributed by atoms with Crippen LogP contribution in [0.25, 0.3) is 0 Å². The SMILES string of the molecule is CC(Oc1cc([C@@H](C)CS(=O)(=O)CCCCCN2CC(=O)NC2=O)ccc1F)C1CC1. The first-order valence-electron chi connectivity index (χ1n) is 10.9. The topological polar surface area (TPSA) is 92.8 Å². The summed E-state index contributed by atoms with van der Waals surface area (Å²) >= 11 is 0. The largest absolute Gasteiger partial charge is 0.487 e. The van der Waals surface area contributed by atoms with Crippen LogP contribution in [0.2, 0.25) is 0 Å². The lowest BCUT2D eigenvalue weighted by Gasteiger charge is -2.18. The predicted octanol–water partition coefficient (Wildman–Crippen LogP) is 3.24. The van der Waals surface area contributed by atoms with Crippen molar-refractivity contribution >= 4 is 21.8 Å². The summed E-state index contributed by atoms with van der Waals surface area (Å²) < 4.78 is 44.9. The highest BCUT2D eigenvalue weighted by Crippen LogP contribution is 2.35. The predicted molar refractivity (Wildman–Crippen MR) is 115 cm³/mol. The molecule has 3 amide bonds. The Morgan fingerprint density at radius 2 is 1.94 bits per heavy atom. The highest BCUT2D eigenvalue weighted by Gasteiger charge is 2.30. The summed E-state index contributed by atoms with van der Waals surface area (Å²) in [4.78, 5) is 24.0. The molecule has 1 saturated heterocycles. The van der Waals surface area contributed by atoms with E-state index >= 15 is 0 Å². The molecule has 1 aliphatic heterocycles. The van der Waals surface area contributed by atoms with Gasteiger partial charge in [0.2, 0.25) is 5.91 Å². The number of halogens is 1. The van der Waals surface area contributed by atoms with Gasteiger partial charge in [-0.05, 0) is 62.1 Å². The number of imide groups is 1. The van der Waals surface area contributed by atoms with Crippen molar-refractivity contribution in [2.75, 3.05) is 24.6 Å². The Labute approximate surface area is 183 Å². The van der Waals surface area contributed by atoms with Crippen LogP contribution in [-0.4, -0.2) is 56.0 Å². The number of sulfone groups is 1. The first kappa shape index (κ1) is 23.5. The average Bonchev–Trinajstić information content (AvgIpc) is 3.48. The first-order chi connectivity index (χ1) is 14.6. The van der Waals surface area contributed by atoms with Crippen LogP contribution in [0.4, 0.5) is 9.18 Å². The van der Waals surface area contributed by atoms with E-state index in [1.165, 1.54) is 11.0 Å². The number of hydrogen-bond donors (Lipinski definition) is 1. The smallest absolute Gasteiger partial charge is 0.324 e. The quantitative estimate of drug-likeness (QED) is 0.387. The normalized spacial score (nSPS) is 18.7. The number of unbranched alkanes of at least 4 members (excludes halogenated alkanes) is 2. The molecule has 1 aliphatic carbocycles. The van der Waals surface area contributed by atoms with E-state index in [0.29, 0.717) is 31.7 Å². The fourth-order valence-corrected chi connectivity index (χ4v) is 5.57. The van der Waals surface area contributed by atoms with Gasteiger partial charge < -0.3 is 9.64 Å². The number of carbonyl (C=O) groups excluding carboxylic acids is 2. The van der Waals surface area contributed by atoms with Gasteiger partial charge in [0.15, 0.2) is 21.4 Å². The minimum Gasteiger partial charge on any atom is -0.487 e. The van der Waals surface area contributed by atoms with Crippen molar-refractivity contribution in [1.29, 1.82) is 0 Å². The number of rotatable bonds is 12. The fourth-order valence-electron chi connectivity index (χ4n) is 3.80. The van der Waals surface area contributed by atoms with Gasteiger partial charge >= 0.3 is 6.03 Å². The molecule has 2 atom stereocenters. The average molecular weight is 455 g/mol. The Hall–Kier alpha value is -2.16. The summed E-state index contributed by atoms with van der Waals surface area (Å²) in [5.41, 5.74) is 0.743. The second-order valence-corrected chi connectivity index (χ2v) is 10.9. The standard InChI is InChI=1S/C22H31FN2O5S/c1-15(18-8-9-19(23)20(12-18)30-16(2)17-6-7-17)14-31(28,29)11-5-3-4-10-25-13-21(26)24-22(25)27/h8-9,12,15-17H,3-7,10-11,13-14H2,1-2H3,(H,24,26,27)/t15-,16?/m0/s1. The summed E-state index contributed by atoms with van der Waals surface area (Å²) in [6, 6.07) is 4.19. The summed E-state index contributed by atoms with van der Waals surface area (Å²) in [6.07, 6.45) is 3.94. The molecule has 3 rings (SSSR count). The van der Waals surface area contributed by atoms with Gasteiger partial charge in [0.1, 0.15) is 6.54 Å². The van der Waals surface area contributed by atoms with E-state index in [4.69, 9.17) is 4.74 Å². The summed E-state index contributed by atoms with van der Waals surface area (Å²) in [6.45, 7) is 4.26. The molecule has 1 aromatic rings. The minimum absolute atomic E-state index is 0.0146. The minimum atomic E-state index is -3.28. The summed E-state index contributed by atoms with van der Waals surface area (Å²) in [5, 5.41) is 2.22. The zero-order valence-corrected chi connectivity index (χ0v) is 18.9. The zero-order chi connectivity index (χ0) is 22.6. The maximum absolute atomic E-state index is 14.1. The number of nitrogens with zero attached hydrogens (tertiary/aromatic N) is 1. The van der Waals surface area contributed by atoms with Crippen LogP contribution in [-0.2, 0) is 14.6 Å². The highest BCUT2D eigenvalue weighted by atomic mass is 32.2. The molecule has 1 aromatic carbocycles. The van der Waals surface area contributed by atoms with E-state index in [2.05, 4.69) is 5.32 Å². The van der Waals surface area contributed by atoms with Gasteiger partial charge in [-0.2, -0.15) is 0 Å². The van der Waals surface area contributed by atoms with Crippen molar-refractivity contribution < 1.29 is 27.1 Å². The van der Waals surface area contributed by atoms with Crippen LogP contribution in [0, 0.1) is 11.7 Å². The van der Waals surface area contributed by atoms with Gasteiger partial charge in [-0.3, -0.25) is 10.1 Å². The lowest BCUT2D eigenvalue weighted by atomic mass is 10.0. The molecule has 31 heavy (non-hydrogen) atoms. The van der Waals surface area contributed by atoms with E-state index in [1.807, 2.05) is 13.8 Å². The maximum atomic E-state index is 14.1. The van der Waals surface area contributed by atoms with Crippen LogP contribution in [0.1, 0.15) is 57.4 Å². The molecule has 1 heterocycles. The molecule has 0 bridgehead atoms. The van der Waals surface area contributed by atoms with Crippen LogP contribution >= 0.6 is 0 Å². The Morgan fingerprint density at radius 1 is 1.19 bits per heavy atom. The number of hydrogen-bond acceptors (Lipinski definition) is 5. The van der Waals surface area contributed by atoms with Crippen LogP contribution in [0.3, 0.4) is 0 Å². The second kappa shape index (κ2) is 9.97. The first-order valence-corrected chi connectivity index (χ1v) is 12.7. The molecule has 0 radical (unpaired) electrons. The molecule has 1 N–H and O–H groups in total. The molecule has 7 nitrogen and oxygen atoms in total. The molecule has 2 fully saturated rings. The van der Waals surface area contributed by atoms with Gasteiger partial charge in [-0.15, -0.1) is 0 Å². The summed E-state index contributed by atoms with van der Waals surface area (Å²) in [5.74, 6) is -0.307. The third-order valence-corrected chi connectivity index (χ3v) is 7.80. The molecule has 172 valence electrons. The van der Waals surface area contributed by atoms with Crippen molar-refractivity contribution in [2.45, 2.75) is 58.0 Å². The van der Waals surface area contributed by atoms with E-state index in [1.54, 1.807) is 12.1 Å². The summed E-state index contributed by atoms with van der Waals surface area (Å²) in [7, 11) is -3.28. The number of amides is 3. The van der Waals surface area contributed by atoms with Crippen molar-refractivity contribution in [3.05, 3.63) is 29.6 Å². The third kappa shape index (κ3) is 6.92. The van der Waals surface area contributed by atoms with Crippen molar-refractivity contribution in [3.63, 3.8) is 0 Å². The third-order valence-electron chi connectivity index (χ3n) is 5.88. The molecule has 1 saturated carbocycles.